The molecule has 5 atom stereocenters. The van der Waals surface area contributed by atoms with E-state index >= 15 is 0 Å². The number of hydrogen-bond acceptors (Lipinski definition) is 9. The molecule has 4 amide bonds. The minimum atomic E-state index is -1.54. The van der Waals surface area contributed by atoms with E-state index in [1.165, 1.54) is 19.4 Å². The van der Waals surface area contributed by atoms with Gasteiger partial charge in [0.1, 0.15) is 18.1 Å². The molecule has 36 heavy (non-hydrogen) atoms. The maximum Gasteiger partial charge on any atom is 0.326 e. The van der Waals surface area contributed by atoms with E-state index in [0.29, 0.717) is 25.1 Å². The average molecular weight is 513 g/mol. The third-order valence-electron chi connectivity index (χ3n) is 5.27. The number of aliphatic hydroxyl groups is 1. The molecule has 5 unspecified atom stereocenters. The van der Waals surface area contributed by atoms with E-state index in [0.717, 1.165) is 0 Å². The maximum absolute atomic E-state index is 13.0. The molecule has 0 aromatic carbocycles. The minimum Gasteiger partial charge on any atom is -0.480 e. The smallest absolute Gasteiger partial charge is 0.326 e. The van der Waals surface area contributed by atoms with Crippen molar-refractivity contribution in [3.63, 3.8) is 0 Å². The fourth-order valence-corrected chi connectivity index (χ4v) is 3.23. The first-order valence-corrected chi connectivity index (χ1v) is 11.5. The topological polar surface area (TPSA) is 269 Å². The molecule has 0 aliphatic heterocycles. The Balaban J connectivity index is 2.90. The van der Waals surface area contributed by atoms with Gasteiger partial charge in [0.15, 0.2) is 0 Å². The highest BCUT2D eigenvalue weighted by Gasteiger charge is 2.32. The lowest BCUT2D eigenvalue weighted by Gasteiger charge is -2.26. The number of aliphatic carboxylic acids is 1. The molecule has 0 saturated carbocycles. The summed E-state index contributed by atoms with van der Waals surface area (Å²) in [5.74, 6) is -4.55. The Labute approximate surface area is 207 Å². The van der Waals surface area contributed by atoms with Crippen LogP contribution in [0.15, 0.2) is 12.5 Å². The molecule has 1 heterocycles. The molecule has 1 aromatic rings. The molecule has 12 N–H and O–H groups in total. The summed E-state index contributed by atoms with van der Waals surface area (Å²) in [6, 6.07) is -5.10. The molecule has 0 saturated heterocycles. The zero-order chi connectivity index (χ0) is 27.3. The van der Waals surface area contributed by atoms with Gasteiger partial charge in [0.05, 0.1) is 18.5 Å². The highest BCUT2D eigenvalue weighted by molar-refractivity contribution is 5.94. The molecule has 0 aliphatic rings. The molecule has 0 bridgehead atoms. The number of nitrogens with two attached hydrogens (primary N) is 3. The van der Waals surface area contributed by atoms with E-state index in [4.69, 9.17) is 17.2 Å². The highest BCUT2D eigenvalue weighted by Crippen LogP contribution is 2.06. The number of primary amides is 1. The monoisotopic (exact) mass is 512 g/mol. The van der Waals surface area contributed by atoms with Crippen LogP contribution in [0, 0.1) is 0 Å². The van der Waals surface area contributed by atoms with E-state index in [2.05, 4.69) is 25.9 Å². The molecule has 1 rings (SSSR count). The number of carbonyl (C=O) groups excluding carboxylic acids is 4. The molecular formula is C21H36N8O7. The second-order valence-corrected chi connectivity index (χ2v) is 8.36. The van der Waals surface area contributed by atoms with E-state index in [1.54, 1.807) is 0 Å². The molecule has 1 aromatic heterocycles. The van der Waals surface area contributed by atoms with Gasteiger partial charge in [0.25, 0.3) is 0 Å². The molecule has 0 radical (unpaired) electrons. The fourth-order valence-electron chi connectivity index (χ4n) is 3.23. The minimum absolute atomic E-state index is 0.142. The number of hydrogen-bond donors (Lipinski definition) is 9. The van der Waals surface area contributed by atoms with Gasteiger partial charge >= 0.3 is 5.97 Å². The molecule has 0 spiro atoms. The lowest BCUT2D eigenvalue weighted by Crippen LogP contribution is -2.60. The van der Waals surface area contributed by atoms with Crippen molar-refractivity contribution in [2.75, 3.05) is 6.54 Å². The number of amides is 4. The van der Waals surface area contributed by atoms with Gasteiger partial charge in [-0.25, -0.2) is 9.78 Å². The molecule has 15 nitrogen and oxygen atoms in total. The van der Waals surface area contributed by atoms with Crippen LogP contribution in [0.4, 0.5) is 0 Å². The number of imidazole rings is 1. The second-order valence-electron chi connectivity index (χ2n) is 8.36. The van der Waals surface area contributed by atoms with E-state index in [1.807, 2.05) is 0 Å². The predicted octanol–water partition coefficient (Wildman–Crippen LogP) is -3.41. The van der Waals surface area contributed by atoms with Gasteiger partial charge in [-0.2, -0.15) is 0 Å². The first-order chi connectivity index (χ1) is 17.0. The van der Waals surface area contributed by atoms with Crippen molar-refractivity contribution in [1.82, 2.24) is 25.9 Å². The van der Waals surface area contributed by atoms with Crippen LogP contribution in [0.2, 0.25) is 0 Å². The van der Waals surface area contributed by atoms with Gasteiger partial charge in [0, 0.05) is 24.7 Å². The average Bonchev–Trinajstić information content (AvgIpc) is 3.31. The number of carbonyl (C=O) groups is 5. The van der Waals surface area contributed by atoms with Crippen molar-refractivity contribution < 1.29 is 34.2 Å². The number of carboxylic acids is 1. The Morgan fingerprint density at radius 2 is 1.69 bits per heavy atom. The zero-order valence-electron chi connectivity index (χ0n) is 20.1. The van der Waals surface area contributed by atoms with Gasteiger partial charge in [-0.15, -0.1) is 0 Å². The van der Waals surface area contributed by atoms with Gasteiger partial charge in [-0.3, -0.25) is 19.2 Å². The predicted molar refractivity (Wildman–Crippen MR) is 127 cm³/mol. The van der Waals surface area contributed by atoms with Crippen molar-refractivity contribution in [2.45, 2.75) is 75.7 Å². The standard InChI is InChI=1S/C21H36N8O7/c1-11(30)17(20(34)28-15(21(35)36)5-6-16(24)31)29-19(33)14(4-2-3-7-22)27-18(32)13(23)8-12-9-25-10-26-12/h9-11,13-15,17,30H,2-8,22-23H2,1H3,(H2,24,31)(H,25,26)(H,27,32)(H,28,34)(H,29,33)(H,35,36). The zero-order valence-corrected chi connectivity index (χ0v) is 20.1. The number of aromatic amines is 1. The first-order valence-electron chi connectivity index (χ1n) is 11.5. The van der Waals surface area contributed by atoms with E-state index in [9.17, 15) is 34.2 Å². The van der Waals surface area contributed by atoms with Crippen molar-refractivity contribution >= 4 is 29.6 Å². The van der Waals surface area contributed by atoms with Crippen LogP contribution >= 0.6 is 0 Å². The lowest BCUT2D eigenvalue weighted by atomic mass is 10.0. The van der Waals surface area contributed by atoms with Crippen molar-refractivity contribution in [3.05, 3.63) is 18.2 Å². The van der Waals surface area contributed by atoms with Crippen molar-refractivity contribution in [2.24, 2.45) is 17.2 Å². The Kier molecular flexibility index (Phi) is 13.1. The van der Waals surface area contributed by atoms with Crippen LogP contribution in [-0.4, -0.2) is 86.6 Å². The van der Waals surface area contributed by atoms with Crippen LogP contribution in [-0.2, 0) is 30.4 Å². The summed E-state index contributed by atoms with van der Waals surface area (Å²) in [5.41, 5.74) is 17.1. The maximum atomic E-state index is 13.0. The van der Waals surface area contributed by atoms with Crippen LogP contribution in [0.5, 0.6) is 0 Å². The summed E-state index contributed by atoms with van der Waals surface area (Å²) in [5, 5.41) is 26.5. The number of carboxylic acid groups (broad SMARTS) is 1. The third kappa shape index (κ3) is 10.8. The van der Waals surface area contributed by atoms with Crippen LogP contribution in [0.3, 0.4) is 0 Å². The molecule has 0 fully saturated rings. The quantitative estimate of drug-likeness (QED) is 0.0933. The lowest BCUT2D eigenvalue weighted by molar-refractivity contribution is -0.143. The summed E-state index contributed by atoms with van der Waals surface area (Å²) in [6.07, 6.45) is 2.33. The number of nitrogens with zero attached hydrogens (tertiary/aromatic N) is 1. The van der Waals surface area contributed by atoms with Gasteiger partial charge in [-0.1, -0.05) is 0 Å². The summed E-state index contributed by atoms with van der Waals surface area (Å²) >= 11 is 0. The summed E-state index contributed by atoms with van der Waals surface area (Å²) in [7, 11) is 0. The van der Waals surface area contributed by atoms with Gasteiger partial charge in [-0.05, 0) is 39.2 Å². The summed E-state index contributed by atoms with van der Waals surface area (Å²) in [4.78, 5) is 67.3. The van der Waals surface area contributed by atoms with Crippen LogP contribution in [0.25, 0.3) is 0 Å². The Morgan fingerprint density at radius 3 is 2.22 bits per heavy atom. The number of unbranched alkanes of at least 4 members (excludes halogenated alkanes) is 1. The molecule has 15 heteroatoms. The number of H-pyrrole nitrogens is 1. The normalized spacial score (nSPS) is 15.1. The van der Waals surface area contributed by atoms with Crippen molar-refractivity contribution in [1.29, 1.82) is 0 Å². The Morgan fingerprint density at radius 1 is 1.03 bits per heavy atom. The van der Waals surface area contributed by atoms with Gasteiger partial charge in [0.2, 0.25) is 23.6 Å². The van der Waals surface area contributed by atoms with E-state index in [-0.39, 0.29) is 25.7 Å². The second kappa shape index (κ2) is 15.4. The SMILES string of the molecule is CC(O)C(NC(=O)C(CCCCN)NC(=O)C(N)Cc1cnc[nH]1)C(=O)NC(CCC(N)=O)C(=O)O. The van der Waals surface area contributed by atoms with Crippen LogP contribution < -0.4 is 33.2 Å². The van der Waals surface area contributed by atoms with Crippen molar-refractivity contribution in [3.8, 4) is 0 Å². The number of aliphatic hydroxyl groups excluding tert-OH is 1. The fraction of sp³-hybridized carbons (Fsp3) is 0.619. The Hall–Kier alpha value is -3.56. The Bertz CT molecular complexity index is 878. The number of aromatic nitrogens is 2. The summed E-state index contributed by atoms with van der Waals surface area (Å²) < 4.78 is 0. The third-order valence-corrected chi connectivity index (χ3v) is 5.27. The molecule has 0 aliphatic carbocycles. The molecule has 202 valence electrons. The van der Waals surface area contributed by atoms with Crippen LogP contribution in [0.1, 0.15) is 44.7 Å². The highest BCUT2D eigenvalue weighted by atomic mass is 16.4. The number of rotatable bonds is 17. The largest absolute Gasteiger partial charge is 0.480 e. The van der Waals surface area contributed by atoms with E-state index < -0.39 is 59.9 Å². The number of nitrogens with one attached hydrogen (secondary N) is 4. The van der Waals surface area contributed by atoms with Gasteiger partial charge < -0.3 is 48.3 Å². The molecular weight excluding hydrogens is 476 g/mol. The first kappa shape index (κ1) is 30.5. The summed E-state index contributed by atoms with van der Waals surface area (Å²) in [6.45, 7) is 1.59.